The second kappa shape index (κ2) is 7.43. The van der Waals surface area contributed by atoms with Crippen LogP contribution in [0.1, 0.15) is 22.0 Å². The first-order valence-electron chi connectivity index (χ1n) is 8.67. The normalized spacial score (nSPS) is 10.8. The number of para-hydroxylation sites is 1. The van der Waals surface area contributed by atoms with Gasteiger partial charge in [0.2, 0.25) is 5.82 Å². The van der Waals surface area contributed by atoms with Crippen LogP contribution < -0.4 is 5.32 Å². The van der Waals surface area contributed by atoms with Crippen LogP contribution >= 0.6 is 0 Å². The molecule has 28 heavy (non-hydrogen) atoms. The van der Waals surface area contributed by atoms with Crippen molar-refractivity contribution in [3.05, 3.63) is 90.0 Å². The van der Waals surface area contributed by atoms with E-state index in [1.165, 1.54) is 16.8 Å². The molecule has 4 aromatic rings. The molecule has 1 N–H and O–H groups in total. The van der Waals surface area contributed by atoms with Gasteiger partial charge in [-0.05, 0) is 48.9 Å². The van der Waals surface area contributed by atoms with Gasteiger partial charge in [-0.15, -0.1) is 5.10 Å². The summed E-state index contributed by atoms with van der Waals surface area (Å²) in [6.07, 6.45) is 3.54. The number of aryl methyl sites for hydroxylation is 1. The fourth-order valence-electron chi connectivity index (χ4n) is 2.86. The molecule has 0 saturated carbocycles. The zero-order valence-electron chi connectivity index (χ0n) is 15.1. The van der Waals surface area contributed by atoms with Crippen molar-refractivity contribution in [1.82, 2.24) is 29.9 Å². The number of nitrogens with zero attached hydrogens (tertiary/aromatic N) is 5. The Morgan fingerprint density at radius 2 is 1.89 bits per heavy atom. The van der Waals surface area contributed by atoms with Crippen LogP contribution in [0.4, 0.5) is 4.39 Å². The molecule has 2 aromatic carbocycles. The summed E-state index contributed by atoms with van der Waals surface area (Å²) < 4.78 is 16.4. The van der Waals surface area contributed by atoms with Gasteiger partial charge in [0.05, 0.1) is 11.4 Å². The van der Waals surface area contributed by atoms with E-state index in [0.29, 0.717) is 18.1 Å². The van der Waals surface area contributed by atoms with Gasteiger partial charge in [-0.1, -0.05) is 18.2 Å². The molecule has 0 aliphatic rings. The van der Waals surface area contributed by atoms with E-state index < -0.39 is 0 Å². The Hall–Kier alpha value is -3.81. The maximum atomic E-state index is 13.1. The molecule has 2 aromatic heterocycles. The van der Waals surface area contributed by atoms with E-state index in [1.807, 2.05) is 36.5 Å². The number of hydrogen-bond acceptors (Lipinski definition) is 4. The predicted octanol–water partition coefficient (Wildman–Crippen LogP) is 2.83. The first kappa shape index (κ1) is 17.6. The van der Waals surface area contributed by atoms with Crippen LogP contribution in [0.25, 0.3) is 11.4 Å². The number of carbonyl (C=O) groups excluding carboxylic acids is 1. The van der Waals surface area contributed by atoms with E-state index in [2.05, 4.69) is 20.5 Å². The topological polar surface area (TPSA) is 77.6 Å². The summed E-state index contributed by atoms with van der Waals surface area (Å²) in [5.41, 5.74) is 2.43. The average Bonchev–Trinajstić information content (AvgIpc) is 3.37. The molecule has 0 aliphatic heterocycles. The lowest BCUT2D eigenvalue weighted by atomic mass is 10.2. The minimum atomic E-state index is -0.390. The standard InChI is InChI=1S/C20H17FN6O/c1-14-24-19(25-27(14)17-9-7-16(21)8-10-17)20(28)22-13-15-5-2-3-6-18(15)26-12-4-11-23-26/h2-12H,13H2,1H3,(H,22,28). The molecule has 4 rings (SSSR count). The third-order valence-electron chi connectivity index (χ3n) is 4.23. The Morgan fingerprint density at radius 3 is 2.64 bits per heavy atom. The van der Waals surface area contributed by atoms with Crippen molar-refractivity contribution in [1.29, 1.82) is 0 Å². The zero-order chi connectivity index (χ0) is 19.5. The molecule has 0 radical (unpaired) electrons. The third-order valence-corrected chi connectivity index (χ3v) is 4.23. The Kier molecular flexibility index (Phi) is 4.67. The van der Waals surface area contributed by atoms with E-state index in [1.54, 1.807) is 29.9 Å². The first-order chi connectivity index (χ1) is 13.6. The van der Waals surface area contributed by atoms with Gasteiger partial charge in [-0.3, -0.25) is 4.79 Å². The number of halogens is 1. The van der Waals surface area contributed by atoms with Crippen molar-refractivity contribution in [3.8, 4) is 11.4 Å². The second-order valence-corrected chi connectivity index (χ2v) is 6.13. The molecule has 140 valence electrons. The number of carbonyl (C=O) groups is 1. The number of nitrogens with one attached hydrogen (secondary N) is 1. The SMILES string of the molecule is Cc1nc(C(=O)NCc2ccccc2-n2cccn2)nn1-c1ccc(F)cc1. The maximum Gasteiger partial charge on any atom is 0.291 e. The lowest BCUT2D eigenvalue weighted by Gasteiger charge is -2.09. The Bertz CT molecular complexity index is 1100. The summed E-state index contributed by atoms with van der Waals surface area (Å²) in [6, 6.07) is 15.3. The summed E-state index contributed by atoms with van der Waals surface area (Å²) in [6.45, 7) is 2.04. The maximum absolute atomic E-state index is 13.1. The fourth-order valence-corrected chi connectivity index (χ4v) is 2.86. The predicted molar refractivity (Wildman–Crippen MR) is 101 cm³/mol. The molecule has 0 unspecified atom stereocenters. The van der Waals surface area contributed by atoms with Crippen LogP contribution in [0.15, 0.2) is 67.0 Å². The van der Waals surface area contributed by atoms with Gasteiger partial charge < -0.3 is 5.32 Å². The van der Waals surface area contributed by atoms with E-state index in [0.717, 1.165) is 11.3 Å². The van der Waals surface area contributed by atoms with Crippen molar-refractivity contribution >= 4 is 5.91 Å². The quantitative estimate of drug-likeness (QED) is 0.581. The number of amides is 1. The Morgan fingerprint density at radius 1 is 1.11 bits per heavy atom. The van der Waals surface area contributed by atoms with Crippen LogP contribution in [0, 0.1) is 12.7 Å². The summed E-state index contributed by atoms with van der Waals surface area (Å²) in [5.74, 6) is -0.137. The molecule has 2 heterocycles. The minimum absolute atomic E-state index is 0.0541. The molecular weight excluding hydrogens is 359 g/mol. The van der Waals surface area contributed by atoms with Crippen LogP contribution in [0.3, 0.4) is 0 Å². The van der Waals surface area contributed by atoms with E-state index in [-0.39, 0.29) is 17.5 Å². The highest BCUT2D eigenvalue weighted by Crippen LogP contribution is 2.14. The van der Waals surface area contributed by atoms with E-state index >= 15 is 0 Å². The molecular formula is C20H17FN6O. The number of aromatic nitrogens is 5. The molecule has 1 amide bonds. The van der Waals surface area contributed by atoms with E-state index in [4.69, 9.17) is 0 Å². The van der Waals surface area contributed by atoms with Gasteiger partial charge in [-0.2, -0.15) is 5.10 Å². The highest BCUT2D eigenvalue weighted by atomic mass is 19.1. The van der Waals surface area contributed by atoms with Gasteiger partial charge in [-0.25, -0.2) is 18.7 Å². The van der Waals surface area contributed by atoms with Crippen LogP contribution in [0.5, 0.6) is 0 Å². The van der Waals surface area contributed by atoms with Gasteiger partial charge in [0, 0.05) is 18.9 Å². The van der Waals surface area contributed by atoms with Gasteiger partial charge >= 0.3 is 0 Å². The lowest BCUT2D eigenvalue weighted by Crippen LogP contribution is -2.25. The molecule has 0 atom stereocenters. The minimum Gasteiger partial charge on any atom is -0.345 e. The molecule has 0 bridgehead atoms. The summed E-state index contributed by atoms with van der Waals surface area (Å²) in [5, 5.41) is 11.3. The zero-order valence-corrected chi connectivity index (χ0v) is 15.1. The Balaban J connectivity index is 1.51. The molecule has 0 saturated heterocycles. The van der Waals surface area contributed by atoms with Crippen LogP contribution in [-0.4, -0.2) is 30.5 Å². The van der Waals surface area contributed by atoms with Gasteiger partial charge in [0.15, 0.2) is 0 Å². The monoisotopic (exact) mass is 376 g/mol. The van der Waals surface area contributed by atoms with Crippen LogP contribution in [-0.2, 0) is 6.54 Å². The summed E-state index contributed by atoms with van der Waals surface area (Å²) in [4.78, 5) is 16.8. The van der Waals surface area contributed by atoms with Crippen molar-refractivity contribution in [2.24, 2.45) is 0 Å². The summed E-state index contributed by atoms with van der Waals surface area (Å²) >= 11 is 0. The first-order valence-corrected chi connectivity index (χ1v) is 8.67. The fraction of sp³-hybridized carbons (Fsp3) is 0.100. The molecule has 7 nitrogen and oxygen atoms in total. The van der Waals surface area contributed by atoms with Crippen molar-refractivity contribution < 1.29 is 9.18 Å². The highest BCUT2D eigenvalue weighted by molar-refractivity contribution is 5.90. The highest BCUT2D eigenvalue weighted by Gasteiger charge is 2.16. The number of rotatable bonds is 5. The molecule has 8 heteroatoms. The molecule has 0 fully saturated rings. The second-order valence-electron chi connectivity index (χ2n) is 6.13. The lowest BCUT2D eigenvalue weighted by molar-refractivity contribution is 0.0940. The molecule has 0 spiro atoms. The third kappa shape index (κ3) is 3.52. The van der Waals surface area contributed by atoms with Gasteiger partial charge in [0.1, 0.15) is 11.6 Å². The average molecular weight is 376 g/mol. The molecule has 0 aliphatic carbocycles. The van der Waals surface area contributed by atoms with Gasteiger partial charge in [0.25, 0.3) is 5.91 Å². The largest absolute Gasteiger partial charge is 0.345 e. The smallest absolute Gasteiger partial charge is 0.291 e. The van der Waals surface area contributed by atoms with Crippen molar-refractivity contribution in [3.63, 3.8) is 0 Å². The van der Waals surface area contributed by atoms with Crippen molar-refractivity contribution in [2.75, 3.05) is 0 Å². The van der Waals surface area contributed by atoms with E-state index in [9.17, 15) is 9.18 Å². The van der Waals surface area contributed by atoms with Crippen molar-refractivity contribution in [2.45, 2.75) is 13.5 Å². The summed E-state index contributed by atoms with van der Waals surface area (Å²) in [7, 11) is 0. The Labute approximate surface area is 160 Å². The number of hydrogen-bond donors (Lipinski definition) is 1. The van der Waals surface area contributed by atoms with Crippen LogP contribution in [0.2, 0.25) is 0 Å². The number of benzene rings is 2.